The van der Waals surface area contributed by atoms with Crippen LogP contribution < -0.4 is 4.90 Å². The Morgan fingerprint density at radius 1 is 1.38 bits per heavy atom. The van der Waals surface area contributed by atoms with Crippen LogP contribution in [0.3, 0.4) is 0 Å². The average Bonchev–Trinajstić information content (AvgIpc) is 2.97. The molecule has 0 amide bonds. The van der Waals surface area contributed by atoms with Crippen molar-refractivity contribution in [1.29, 1.82) is 0 Å². The molecule has 2 fully saturated rings. The van der Waals surface area contributed by atoms with E-state index < -0.39 is 5.92 Å². The van der Waals surface area contributed by atoms with Crippen molar-refractivity contribution in [2.24, 2.45) is 17.8 Å². The monoisotopic (exact) mass is 357 g/mol. The van der Waals surface area contributed by atoms with Crippen molar-refractivity contribution in [3.8, 4) is 0 Å². The molecule has 1 saturated carbocycles. The van der Waals surface area contributed by atoms with Gasteiger partial charge in [0.2, 0.25) is 5.28 Å². The maximum atomic E-state index is 14.2. The fourth-order valence-corrected chi connectivity index (χ4v) is 4.41. The molecule has 1 saturated heterocycles. The van der Waals surface area contributed by atoms with Crippen molar-refractivity contribution in [2.75, 3.05) is 25.1 Å². The van der Waals surface area contributed by atoms with E-state index in [1.54, 1.807) is 0 Å². The highest BCUT2D eigenvalue weighted by Crippen LogP contribution is 2.55. The highest BCUT2D eigenvalue weighted by molar-refractivity contribution is 6.28. The van der Waals surface area contributed by atoms with Gasteiger partial charge in [-0.1, -0.05) is 0 Å². The molecule has 0 spiro atoms. The minimum absolute atomic E-state index is 0.128. The van der Waals surface area contributed by atoms with E-state index in [0.29, 0.717) is 48.4 Å². The second kappa shape index (κ2) is 5.51. The van der Waals surface area contributed by atoms with Crippen molar-refractivity contribution in [2.45, 2.75) is 31.6 Å². The lowest BCUT2D eigenvalue weighted by Gasteiger charge is -2.29. The third-order valence-electron chi connectivity index (χ3n) is 5.52. The summed E-state index contributed by atoms with van der Waals surface area (Å²) in [5.41, 5.74) is 0.317. The molecule has 5 nitrogen and oxygen atoms in total. The predicted octanol–water partition coefficient (Wildman–Crippen LogP) is 2.80. The molecule has 4 rings (SSSR count). The lowest BCUT2D eigenvalue weighted by Crippen LogP contribution is -2.31. The first-order valence-corrected chi connectivity index (χ1v) is 8.55. The average molecular weight is 358 g/mol. The number of aromatic nitrogens is 2. The van der Waals surface area contributed by atoms with Crippen LogP contribution in [0.5, 0.6) is 0 Å². The van der Waals surface area contributed by atoms with E-state index in [0.717, 1.165) is 13.1 Å². The van der Waals surface area contributed by atoms with Gasteiger partial charge in [-0.3, -0.25) is 4.79 Å². The first-order chi connectivity index (χ1) is 11.4. The van der Waals surface area contributed by atoms with E-state index in [1.807, 2.05) is 4.90 Å². The largest absolute Gasteiger partial charge is 0.469 e. The number of esters is 1. The predicted molar refractivity (Wildman–Crippen MR) is 83.2 cm³/mol. The molecule has 1 aromatic rings. The molecule has 0 N–H and O–H groups in total. The Bertz CT molecular complexity index is 688. The Morgan fingerprint density at radius 3 is 2.75 bits per heavy atom. The standard InChI is InChI=1S/C16H18ClF2N3O2/c1-24-12(23)5-9-10-6-22(7-11(9)10)14-8-3-2-4-16(18,19)13(8)20-15(17)21-14/h9-11H,2-7H2,1H3/t9-,10-,11+. The molecule has 3 aliphatic rings. The van der Waals surface area contributed by atoms with E-state index in [9.17, 15) is 13.6 Å². The van der Waals surface area contributed by atoms with Crippen molar-refractivity contribution >= 4 is 23.4 Å². The van der Waals surface area contributed by atoms with Crippen LogP contribution in [0, 0.1) is 17.8 Å². The number of anilines is 1. The number of ether oxygens (including phenoxy) is 1. The summed E-state index contributed by atoms with van der Waals surface area (Å²) in [6.45, 7) is 1.44. The van der Waals surface area contributed by atoms with Gasteiger partial charge in [-0.05, 0) is 42.2 Å². The molecule has 0 aromatic carbocycles. The molecule has 24 heavy (non-hydrogen) atoms. The van der Waals surface area contributed by atoms with Crippen LogP contribution in [0.15, 0.2) is 0 Å². The summed E-state index contributed by atoms with van der Waals surface area (Å²) in [5.74, 6) is -1.44. The van der Waals surface area contributed by atoms with Crippen LogP contribution in [0.2, 0.25) is 5.28 Å². The molecule has 2 aliphatic carbocycles. The van der Waals surface area contributed by atoms with Crippen LogP contribution in [-0.4, -0.2) is 36.1 Å². The number of piperidine rings is 1. The normalized spacial score (nSPS) is 29.8. The molecule has 130 valence electrons. The van der Waals surface area contributed by atoms with E-state index >= 15 is 0 Å². The highest BCUT2D eigenvalue weighted by Gasteiger charge is 2.57. The zero-order valence-corrected chi connectivity index (χ0v) is 14.0. The van der Waals surface area contributed by atoms with Gasteiger partial charge in [0.05, 0.1) is 7.11 Å². The number of carbonyl (C=O) groups excluding carboxylic acids is 1. The molecule has 1 aliphatic heterocycles. The van der Waals surface area contributed by atoms with Crippen molar-refractivity contribution in [3.05, 3.63) is 16.5 Å². The number of hydrogen-bond acceptors (Lipinski definition) is 5. The van der Waals surface area contributed by atoms with Gasteiger partial charge in [0.1, 0.15) is 11.5 Å². The Kier molecular flexibility index (Phi) is 3.67. The van der Waals surface area contributed by atoms with Crippen LogP contribution in [0.4, 0.5) is 14.6 Å². The first-order valence-electron chi connectivity index (χ1n) is 8.17. The van der Waals surface area contributed by atoms with Gasteiger partial charge in [-0.2, -0.15) is 8.78 Å². The molecule has 2 heterocycles. The maximum Gasteiger partial charge on any atom is 0.305 e. The second-order valence-electron chi connectivity index (χ2n) is 6.88. The smallest absolute Gasteiger partial charge is 0.305 e. The SMILES string of the molecule is COC(=O)C[C@@H]1[C@H]2CN(c3nc(Cl)nc4c3CCCC4(F)F)C[C@@H]12. The highest BCUT2D eigenvalue weighted by atomic mass is 35.5. The van der Waals surface area contributed by atoms with E-state index in [-0.39, 0.29) is 23.4 Å². The molecule has 0 bridgehead atoms. The van der Waals surface area contributed by atoms with Gasteiger partial charge in [0, 0.05) is 31.5 Å². The Hall–Kier alpha value is -1.50. The van der Waals surface area contributed by atoms with Crippen LogP contribution in [0.1, 0.15) is 30.5 Å². The van der Waals surface area contributed by atoms with Gasteiger partial charge < -0.3 is 9.64 Å². The number of carbonyl (C=O) groups is 1. The minimum Gasteiger partial charge on any atom is -0.469 e. The molecular weight excluding hydrogens is 340 g/mol. The van der Waals surface area contributed by atoms with Crippen LogP contribution in [0.25, 0.3) is 0 Å². The Balaban J connectivity index is 1.55. The van der Waals surface area contributed by atoms with Gasteiger partial charge >= 0.3 is 5.97 Å². The third kappa shape index (κ3) is 2.53. The number of fused-ring (bicyclic) bond motifs is 2. The summed E-state index contributed by atoms with van der Waals surface area (Å²) in [6, 6.07) is 0. The summed E-state index contributed by atoms with van der Waals surface area (Å²) in [7, 11) is 1.39. The number of rotatable bonds is 3. The molecule has 0 unspecified atom stereocenters. The summed E-state index contributed by atoms with van der Waals surface area (Å²) < 4.78 is 33.0. The van der Waals surface area contributed by atoms with Crippen LogP contribution in [-0.2, 0) is 21.9 Å². The Morgan fingerprint density at radius 2 is 2.08 bits per heavy atom. The summed E-state index contributed by atoms with van der Waals surface area (Å²) in [5, 5.41) is -0.128. The van der Waals surface area contributed by atoms with Crippen molar-refractivity contribution in [3.63, 3.8) is 0 Å². The maximum absolute atomic E-state index is 14.2. The molecule has 1 aromatic heterocycles. The summed E-state index contributed by atoms with van der Waals surface area (Å²) >= 11 is 5.91. The molecule has 3 atom stereocenters. The van der Waals surface area contributed by atoms with Crippen LogP contribution >= 0.6 is 11.6 Å². The van der Waals surface area contributed by atoms with Crippen molar-refractivity contribution < 1.29 is 18.3 Å². The zero-order chi connectivity index (χ0) is 17.1. The fourth-order valence-electron chi connectivity index (χ4n) is 4.25. The zero-order valence-electron chi connectivity index (χ0n) is 13.3. The summed E-state index contributed by atoms with van der Waals surface area (Å²) in [6.07, 6.45) is 1.21. The van der Waals surface area contributed by atoms with Gasteiger partial charge in [-0.15, -0.1) is 0 Å². The van der Waals surface area contributed by atoms with Gasteiger partial charge in [-0.25, -0.2) is 9.97 Å². The molecular formula is C16H18ClF2N3O2. The number of hydrogen-bond donors (Lipinski definition) is 0. The van der Waals surface area contributed by atoms with E-state index in [4.69, 9.17) is 16.3 Å². The third-order valence-corrected chi connectivity index (χ3v) is 5.69. The van der Waals surface area contributed by atoms with E-state index in [1.165, 1.54) is 7.11 Å². The first kappa shape index (κ1) is 16.0. The fraction of sp³-hybridized carbons (Fsp3) is 0.688. The molecule has 0 radical (unpaired) electrons. The summed E-state index contributed by atoms with van der Waals surface area (Å²) in [4.78, 5) is 21.5. The van der Waals surface area contributed by atoms with Gasteiger partial charge in [0.15, 0.2) is 0 Å². The number of nitrogens with zero attached hydrogens (tertiary/aromatic N) is 3. The topological polar surface area (TPSA) is 55.3 Å². The number of halogens is 3. The van der Waals surface area contributed by atoms with Gasteiger partial charge in [0.25, 0.3) is 5.92 Å². The quantitative estimate of drug-likeness (QED) is 0.615. The molecule has 8 heteroatoms. The number of alkyl halides is 2. The lowest BCUT2D eigenvalue weighted by atomic mass is 9.93. The van der Waals surface area contributed by atoms with Crippen molar-refractivity contribution in [1.82, 2.24) is 9.97 Å². The van der Waals surface area contributed by atoms with E-state index in [2.05, 4.69) is 9.97 Å². The number of methoxy groups -OCH3 is 1. The minimum atomic E-state index is -2.94. The second-order valence-corrected chi connectivity index (χ2v) is 7.22. The Labute approximate surface area is 143 Å². The lowest BCUT2D eigenvalue weighted by molar-refractivity contribution is -0.141.